The van der Waals surface area contributed by atoms with Crippen LogP contribution < -0.4 is 0 Å². The fraction of sp³-hybridized carbons (Fsp3) is 0.522. The Labute approximate surface area is 159 Å². The van der Waals surface area contributed by atoms with Crippen molar-refractivity contribution in [2.75, 3.05) is 0 Å². The van der Waals surface area contributed by atoms with Crippen LogP contribution >= 0.6 is 0 Å². The predicted molar refractivity (Wildman–Crippen MR) is 109 cm³/mol. The van der Waals surface area contributed by atoms with Crippen molar-refractivity contribution < 1.29 is 4.79 Å². The molecule has 0 saturated carbocycles. The van der Waals surface area contributed by atoms with E-state index in [9.17, 15) is 4.79 Å². The van der Waals surface area contributed by atoms with Gasteiger partial charge in [0.25, 0.3) is 0 Å². The zero-order valence-electron chi connectivity index (χ0n) is 17.4. The van der Waals surface area contributed by atoms with Crippen LogP contribution in [0.15, 0.2) is 42.6 Å². The minimum Gasteiger partial charge on any atom is -0.345 e. The Hall–Kier alpha value is -2.03. The van der Waals surface area contributed by atoms with E-state index in [4.69, 9.17) is 0 Å². The molecule has 1 heterocycles. The normalized spacial score (nSPS) is 13.1. The van der Waals surface area contributed by atoms with Crippen molar-refractivity contribution in [3.05, 3.63) is 59.4 Å². The van der Waals surface area contributed by atoms with Gasteiger partial charge in [0.2, 0.25) is 5.91 Å². The minimum atomic E-state index is -0.378. The summed E-state index contributed by atoms with van der Waals surface area (Å²) in [4.78, 5) is 15.1. The Morgan fingerprint density at radius 3 is 2.38 bits per heavy atom. The molecule has 1 aromatic carbocycles. The van der Waals surface area contributed by atoms with Crippen molar-refractivity contribution in [1.82, 2.24) is 9.47 Å². The molecular weight excluding hydrogens is 320 g/mol. The molecule has 0 spiro atoms. The van der Waals surface area contributed by atoms with Gasteiger partial charge < -0.3 is 9.47 Å². The lowest BCUT2D eigenvalue weighted by Crippen LogP contribution is -2.46. The van der Waals surface area contributed by atoms with Crippen LogP contribution in [0.4, 0.5) is 0 Å². The molecule has 0 N–H and O–H groups in total. The maximum absolute atomic E-state index is 13.1. The summed E-state index contributed by atoms with van der Waals surface area (Å²) in [6.07, 6.45) is 2.11. The van der Waals surface area contributed by atoms with E-state index in [-0.39, 0.29) is 17.4 Å². The number of aromatic nitrogens is 1. The largest absolute Gasteiger partial charge is 0.345 e. The second-order valence-electron chi connectivity index (χ2n) is 8.78. The molecule has 3 heteroatoms. The third-order valence-corrected chi connectivity index (χ3v) is 5.05. The highest BCUT2D eigenvalue weighted by molar-refractivity contribution is 5.81. The fourth-order valence-corrected chi connectivity index (χ4v) is 3.12. The Morgan fingerprint density at radius 2 is 1.81 bits per heavy atom. The van der Waals surface area contributed by atoms with E-state index >= 15 is 0 Å². The summed E-state index contributed by atoms with van der Waals surface area (Å²) in [7, 11) is 0. The fourth-order valence-electron chi connectivity index (χ4n) is 3.12. The van der Waals surface area contributed by atoms with Gasteiger partial charge in [0.05, 0.1) is 6.54 Å². The monoisotopic (exact) mass is 354 g/mol. The van der Waals surface area contributed by atoms with Crippen LogP contribution in [0.3, 0.4) is 0 Å². The minimum absolute atomic E-state index is 0.198. The number of hydrogen-bond donors (Lipinski definition) is 0. The van der Waals surface area contributed by atoms with Gasteiger partial charge in [0, 0.05) is 29.9 Å². The zero-order chi connectivity index (χ0) is 19.5. The van der Waals surface area contributed by atoms with Gasteiger partial charge in [-0.2, -0.15) is 0 Å². The lowest BCUT2D eigenvalue weighted by Gasteiger charge is -2.36. The number of amides is 1. The second-order valence-corrected chi connectivity index (χ2v) is 8.78. The van der Waals surface area contributed by atoms with Crippen LogP contribution in [0.5, 0.6) is 0 Å². The molecule has 1 aromatic heterocycles. The molecule has 26 heavy (non-hydrogen) atoms. The first-order chi connectivity index (χ1) is 12.1. The first-order valence-corrected chi connectivity index (χ1v) is 9.60. The smallest absolute Gasteiger partial charge is 0.228 e. The number of nitrogens with zero attached hydrogens (tertiary/aromatic N) is 2. The van der Waals surface area contributed by atoms with Crippen LogP contribution in [-0.2, 0) is 17.9 Å². The first-order valence-electron chi connectivity index (χ1n) is 9.60. The van der Waals surface area contributed by atoms with E-state index in [0.29, 0.717) is 12.5 Å². The van der Waals surface area contributed by atoms with Crippen molar-refractivity contribution in [2.24, 2.45) is 11.3 Å². The second kappa shape index (κ2) is 8.11. The van der Waals surface area contributed by atoms with E-state index in [0.717, 1.165) is 6.54 Å². The lowest BCUT2D eigenvalue weighted by molar-refractivity contribution is -0.143. The number of hydrogen-bond acceptors (Lipinski definition) is 1. The molecule has 0 radical (unpaired) electrons. The molecular formula is C23H34N2O. The van der Waals surface area contributed by atoms with Crippen LogP contribution in [0.1, 0.15) is 58.4 Å². The number of aryl methyl sites for hydroxylation is 1. The molecule has 0 aliphatic heterocycles. The number of rotatable bonds is 6. The summed E-state index contributed by atoms with van der Waals surface area (Å²) in [5, 5.41) is 0. The van der Waals surface area contributed by atoms with E-state index in [2.05, 4.69) is 74.9 Å². The molecule has 142 valence electrons. The summed E-state index contributed by atoms with van der Waals surface area (Å²) >= 11 is 0. The molecule has 0 aliphatic carbocycles. The van der Waals surface area contributed by atoms with Crippen molar-refractivity contribution in [1.29, 1.82) is 0 Å². The number of benzene rings is 1. The van der Waals surface area contributed by atoms with E-state index in [1.54, 1.807) is 0 Å². The van der Waals surface area contributed by atoms with Gasteiger partial charge in [-0.25, -0.2) is 0 Å². The Morgan fingerprint density at radius 1 is 1.12 bits per heavy atom. The van der Waals surface area contributed by atoms with Crippen LogP contribution in [0, 0.1) is 18.3 Å². The van der Waals surface area contributed by atoms with Gasteiger partial charge in [-0.1, -0.05) is 64.4 Å². The molecule has 1 amide bonds. The lowest BCUT2D eigenvalue weighted by atomic mass is 9.92. The standard InChI is InChI=1S/C23H34N2O/c1-17(2)19(4)25(22(26)23(5,6)7)16-21-12-9-13-24(21)15-20-11-8-10-18(3)14-20/h8-14,17,19H,15-16H2,1-7H3/t19-/m0/s1. The van der Waals surface area contributed by atoms with E-state index in [1.165, 1.54) is 16.8 Å². The number of carbonyl (C=O) groups is 1. The predicted octanol–water partition coefficient (Wildman–Crippen LogP) is 5.26. The van der Waals surface area contributed by atoms with Gasteiger partial charge in [-0.3, -0.25) is 4.79 Å². The van der Waals surface area contributed by atoms with Crippen molar-refractivity contribution in [3.63, 3.8) is 0 Å². The Bertz CT molecular complexity index is 737. The maximum Gasteiger partial charge on any atom is 0.228 e. The topological polar surface area (TPSA) is 25.2 Å². The van der Waals surface area contributed by atoms with Gasteiger partial charge >= 0.3 is 0 Å². The summed E-state index contributed by atoms with van der Waals surface area (Å²) in [5.74, 6) is 0.628. The Kier molecular flexibility index (Phi) is 6.33. The van der Waals surface area contributed by atoms with Gasteiger partial charge in [-0.15, -0.1) is 0 Å². The highest BCUT2D eigenvalue weighted by atomic mass is 16.2. The average Bonchev–Trinajstić information content (AvgIpc) is 2.97. The van der Waals surface area contributed by atoms with Crippen molar-refractivity contribution >= 4 is 5.91 Å². The molecule has 2 rings (SSSR count). The van der Waals surface area contributed by atoms with Crippen molar-refractivity contribution in [3.8, 4) is 0 Å². The average molecular weight is 355 g/mol. The molecule has 1 atom stereocenters. The molecule has 0 saturated heterocycles. The van der Waals surface area contributed by atoms with Gasteiger partial charge in [0.1, 0.15) is 0 Å². The summed E-state index contributed by atoms with van der Waals surface area (Å²) in [6, 6.07) is 13.0. The zero-order valence-corrected chi connectivity index (χ0v) is 17.4. The number of carbonyl (C=O) groups excluding carboxylic acids is 1. The SMILES string of the molecule is Cc1cccc(Cn2cccc2CN(C(=O)C(C)(C)C)[C@@H](C)C(C)C)c1. The third-order valence-electron chi connectivity index (χ3n) is 5.05. The highest BCUT2D eigenvalue weighted by Gasteiger charge is 2.31. The first kappa shape index (κ1) is 20.3. The van der Waals surface area contributed by atoms with E-state index in [1.807, 2.05) is 25.7 Å². The summed E-state index contributed by atoms with van der Waals surface area (Å²) in [5.41, 5.74) is 3.36. The van der Waals surface area contributed by atoms with Crippen LogP contribution in [0.2, 0.25) is 0 Å². The molecule has 0 bridgehead atoms. The third kappa shape index (κ3) is 5.00. The van der Waals surface area contributed by atoms with Crippen LogP contribution in [0.25, 0.3) is 0 Å². The van der Waals surface area contributed by atoms with E-state index < -0.39 is 0 Å². The Balaban J connectivity index is 2.26. The molecule has 2 aromatic rings. The van der Waals surface area contributed by atoms with Gasteiger partial charge in [-0.05, 0) is 37.5 Å². The maximum atomic E-state index is 13.1. The molecule has 0 aliphatic rings. The molecule has 0 unspecified atom stereocenters. The quantitative estimate of drug-likeness (QED) is 0.694. The molecule has 3 nitrogen and oxygen atoms in total. The highest BCUT2D eigenvalue weighted by Crippen LogP contribution is 2.24. The van der Waals surface area contributed by atoms with Crippen molar-refractivity contribution in [2.45, 2.75) is 67.6 Å². The van der Waals surface area contributed by atoms with Crippen LogP contribution in [-0.4, -0.2) is 21.4 Å². The summed E-state index contributed by atoms with van der Waals surface area (Å²) in [6.45, 7) is 16.1. The molecule has 0 fully saturated rings. The van der Waals surface area contributed by atoms with Gasteiger partial charge in [0.15, 0.2) is 0 Å². The summed E-state index contributed by atoms with van der Waals surface area (Å²) < 4.78 is 2.25.